The maximum Gasteiger partial charge on any atom is 0.129 e. The molecule has 0 amide bonds. The molecular formula is C12H13N3. The van der Waals surface area contributed by atoms with Crippen molar-refractivity contribution in [3.63, 3.8) is 0 Å². The molecule has 0 aliphatic carbocycles. The van der Waals surface area contributed by atoms with Crippen LogP contribution in [0.3, 0.4) is 0 Å². The first-order valence-corrected chi connectivity index (χ1v) is 4.90. The monoisotopic (exact) mass is 199 g/mol. The van der Waals surface area contributed by atoms with Crippen LogP contribution in [-0.2, 0) is 6.54 Å². The maximum absolute atomic E-state index is 4.10. The third kappa shape index (κ3) is 2.53. The second-order valence-electron chi connectivity index (χ2n) is 3.37. The van der Waals surface area contributed by atoms with E-state index in [9.17, 15) is 0 Å². The Hall–Kier alpha value is -1.90. The number of benzene rings is 1. The van der Waals surface area contributed by atoms with Crippen molar-refractivity contribution in [2.45, 2.75) is 13.5 Å². The van der Waals surface area contributed by atoms with E-state index < -0.39 is 0 Å². The van der Waals surface area contributed by atoms with Crippen molar-refractivity contribution >= 4 is 5.82 Å². The molecule has 0 bridgehead atoms. The van der Waals surface area contributed by atoms with Crippen LogP contribution in [-0.4, -0.2) is 9.97 Å². The zero-order chi connectivity index (χ0) is 10.5. The highest BCUT2D eigenvalue weighted by Gasteiger charge is 1.96. The SMILES string of the molecule is Cc1ccccc1CNc1ccncn1. The minimum atomic E-state index is 0.795. The van der Waals surface area contributed by atoms with Crippen molar-refractivity contribution in [3.05, 3.63) is 54.0 Å². The lowest BCUT2D eigenvalue weighted by molar-refractivity contribution is 1.07. The molecule has 0 atom stereocenters. The Kier molecular flexibility index (Phi) is 2.93. The Morgan fingerprint density at radius 1 is 1.20 bits per heavy atom. The molecule has 2 aromatic rings. The molecule has 0 spiro atoms. The van der Waals surface area contributed by atoms with Gasteiger partial charge in [-0.1, -0.05) is 24.3 Å². The molecule has 1 N–H and O–H groups in total. The van der Waals surface area contributed by atoms with E-state index in [0.717, 1.165) is 12.4 Å². The van der Waals surface area contributed by atoms with Gasteiger partial charge in [0.15, 0.2) is 0 Å². The predicted octanol–water partition coefficient (Wildman–Crippen LogP) is 2.40. The first kappa shape index (κ1) is 9.65. The van der Waals surface area contributed by atoms with Crippen LogP contribution < -0.4 is 5.32 Å². The minimum Gasteiger partial charge on any atom is -0.366 e. The van der Waals surface area contributed by atoms with Gasteiger partial charge >= 0.3 is 0 Å². The summed E-state index contributed by atoms with van der Waals surface area (Å²) < 4.78 is 0. The average Bonchev–Trinajstić information content (AvgIpc) is 2.29. The Labute approximate surface area is 89.2 Å². The van der Waals surface area contributed by atoms with Crippen LogP contribution in [0.1, 0.15) is 11.1 Å². The van der Waals surface area contributed by atoms with Gasteiger partial charge in [-0.2, -0.15) is 0 Å². The van der Waals surface area contributed by atoms with Gasteiger partial charge in [-0.05, 0) is 24.1 Å². The molecule has 76 valence electrons. The Morgan fingerprint density at radius 2 is 2.07 bits per heavy atom. The van der Waals surface area contributed by atoms with Crippen molar-refractivity contribution in [2.24, 2.45) is 0 Å². The van der Waals surface area contributed by atoms with Gasteiger partial charge in [0.1, 0.15) is 12.1 Å². The van der Waals surface area contributed by atoms with Crippen molar-refractivity contribution < 1.29 is 0 Å². The zero-order valence-electron chi connectivity index (χ0n) is 8.64. The molecule has 0 saturated carbocycles. The summed E-state index contributed by atoms with van der Waals surface area (Å²) in [6.07, 6.45) is 3.27. The minimum absolute atomic E-state index is 0.795. The first-order valence-electron chi connectivity index (χ1n) is 4.90. The van der Waals surface area contributed by atoms with E-state index in [4.69, 9.17) is 0 Å². The summed E-state index contributed by atoms with van der Waals surface area (Å²) in [5.41, 5.74) is 2.58. The normalized spacial score (nSPS) is 9.93. The van der Waals surface area contributed by atoms with Gasteiger partial charge in [0.25, 0.3) is 0 Å². The molecule has 15 heavy (non-hydrogen) atoms. The number of hydrogen-bond acceptors (Lipinski definition) is 3. The van der Waals surface area contributed by atoms with Gasteiger partial charge in [0, 0.05) is 12.7 Å². The standard InChI is InChI=1S/C12H13N3/c1-10-4-2-3-5-11(10)8-14-12-6-7-13-9-15-12/h2-7,9H,8H2,1H3,(H,13,14,15). The first-order chi connectivity index (χ1) is 7.36. The van der Waals surface area contributed by atoms with Gasteiger partial charge in [-0.3, -0.25) is 0 Å². The number of nitrogens with zero attached hydrogens (tertiary/aromatic N) is 2. The molecular weight excluding hydrogens is 186 g/mol. The Bertz CT molecular complexity index is 426. The van der Waals surface area contributed by atoms with E-state index in [1.807, 2.05) is 18.2 Å². The second-order valence-corrected chi connectivity index (χ2v) is 3.37. The molecule has 1 aromatic heterocycles. The lowest BCUT2D eigenvalue weighted by Gasteiger charge is -2.07. The highest BCUT2D eigenvalue weighted by molar-refractivity contribution is 5.35. The molecule has 0 aliphatic rings. The van der Waals surface area contributed by atoms with Crippen molar-refractivity contribution in [1.82, 2.24) is 9.97 Å². The highest BCUT2D eigenvalue weighted by atomic mass is 15.0. The van der Waals surface area contributed by atoms with Crippen LogP contribution in [0.15, 0.2) is 42.9 Å². The van der Waals surface area contributed by atoms with Crippen molar-refractivity contribution in [2.75, 3.05) is 5.32 Å². The third-order valence-corrected chi connectivity index (χ3v) is 2.30. The fraction of sp³-hybridized carbons (Fsp3) is 0.167. The molecule has 2 rings (SSSR count). The molecule has 0 fully saturated rings. The lowest BCUT2D eigenvalue weighted by atomic mass is 10.1. The van der Waals surface area contributed by atoms with Gasteiger partial charge in [-0.25, -0.2) is 9.97 Å². The Morgan fingerprint density at radius 3 is 2.80 bits per heavy atom. The van der Waals surface area contributed by atoms with Crippen LogP contribution in [0, 0.1) is 6.92 Å². The summed E-state index contributed by atoms with van der Waals surface area (Å²) in [4.78, 5) is 7.97. The fourth-order valence-electron chi connectivity index (χ4n) is 1.39. The van der Waals surface area contributed by atoms with Crippen LogP contribution in [0.4, 0.5) is 5.82 Å². The number of rotatable bonds is 3. The van der Waals surface area contributed by atoms with Gasteiger partial charge in [-0.15, -0.1) is 0 Å². The largest absolute Gasteiger partial charge is 0.366 e. The summed E-state index contributed by atoms with van der Waals surface area (Å²) in [5.74, 6) is 0.855. The lowest BCUT2D eigenvalue weighted by Crippen LogP contribution is -2.02. The van der Waals surface area contributed by atoms with E-state index in [0.29, 0.717) is 0 Å². The van der Waals surface area contributed by atoms with Gasteiger partial charge < -0.3 is 5.32 Å². The molecule has 3 nitrogen and oxygen atoms in total. The summed E-state index contributed by atoms with van der Waals surface area (Å²) in [6, 6.07) is 10.2. The molecule has 0 unspecified atom stereocenters. The molecule has 0 radical (unpaired) electrons. The molecule has 0 saturated heterocycles. The summed E-state index contributed by atoms with van der Waals surface area (Å²) in [5, 5.41) is 3.25. The third-order valence-electron chi connectivity index (χ3n) is 2.30. The fourth-order valence-corrected chi connectivity index (χ4v) is 1.39. The smallest absolute Gasteiger partial charge is 0.129 e. The number of hydrogen-bond donors (Lipinski definition) is 1. The number of aryl methyl sites for hydroxylation is 1. The molecule has 0 aliphatic heterocycles. The predicted molar refractivity (Wildman–Crippen MR) is 60.5 cm³/mol. The number of anilines is 1. The second kappa shape index (κ2) is 4.55. The van der Waals surface area contributed by atoms with Gasteiger partial charge in [0.05, 0.1) is 0 Å². The van der Waals surface area contributed by atoms with E-state index >= 15 is 0 Å². The Balaban J connectivity index is 2.03. The molecule has 3 heteroatoms. The summed E-state index contributed by atoms with van der Waals surface area (Å²) in [6.45, 7) is 2.90. The molecule has 1 aromatic carbocycles. The number of nitrogens with one attached hydrogen (secondary N) is 1. The number of aromatic nitrogens is 2. The van der Waals surface area contributed by atoms with Crippen molar-refractivity contribution in [3.8, 4) is 0 Å². The highest BCUT2D eigenvalue weighted by Crippen LogP contribution is 2.09. The topological polar surface area (TPSA) is 37.8 Å². The quantitative estimate of drug-likeness (QED) is 0.824. The summed E-state index contributed by atoms with van der Waals surface area (Å²) >= 11 is 0. The van der Waals surface area contributed by atoms with E-state index in [1.54, 1.807) is 12.5 Å². The van der Waals surface area contributed by atoms with Crippen LogP contribution >= 0.6 is 0 Å². The molecule has 1 heterocycles. The van der Waals surface area contributed by atoms with Gasteiger partial charge in [0.2, 0.25) is 0 Å². The van der Waals surface area contributed by atoms with Crippen LogP contribution in [0.2, 0.25) is 0 Å². The van der Waals surface area contributed by atoms with E-state index in [-0.39, 0.29) is 0 Å². The van der Waals surface area contributed by atoms with E-state index in [2.05, 4.69) is 34.3 Å². The van der Waals surface area contributed by atoms with Crippen LogP contribution in [0.25, 0.3) is 0 Å². The summed E-state index contributed by atoms with van der Waals surface area (Å²) in [7, 11) is 0. The average molecular weight is 199 g/mol. The van der Waals surface area contributed by atoms with Crippen LogP contribution in [0.5, 0.6) is 0 Å². The van der Waals surface area contributed by atoms with E-state index in [1.165, 1.54) is 11.1 Å². The zero-order valence-corrected chi connectivity index (χ0v) is 8.64. The van der Waals surface area contributed by atoms with Crippen molar-refractivity contribution in [1.29, 1.82) is 0 Å². The maximum atomic E-state index is 4.10.